The molecule has 8 heteroatoms. The van der Waals surface area contributed by atoms with Gasteiger partial charge in [-0.15, -0.1) is 0 Å². The third kappa shape index (κ3) is 4.71. The average molecular weight is 699 g/mol. The summed E-state index contributed by atoms with van der Waals surface area (Å²) in [7, 11) is 0. The molecule has 1 aromatic carbocycles. The van der Waals surface area contributed by atoms with Crippen molar-refractivity contribution >= 4 is 23.6 Å². The lowest BCUT2D eigenvalue weighted by atomic mass is 9.34. The molecule has 10 atom stereocenters. The molecule has 0 aliphatic heterocycles. The Hall–Kier alpha value is -3.33. The molecule has 8 nitrogen and oxygen atoms in total. The predicted molar refractivity (Wildman–Crippen MR) is 193 cm³/mol. The fraction of sp³-hybridized carbons (Fsp3) is 0.605. The number of aliphatic hydroxyl groups is 4. The zero-order valence-electron chi connectivity index (χ0n) is 30.6. The number of benzene rings is 1. The fourth-order valence-electron chi connectivity index (χ4n) is 12.8. The van der Waals surface area contributed by atoms with E-state index in [-0.39, 0.29) is 47.7 Å². The van der Waals surface area contributed by atoms with Crippen molar-refractivity contribution in [1.29, 1.82) is 0 Å². The van der Waals surface area contributed by atoms with Crippen molar-refractivity contribution in [3.8, 4) is 0 Å². The molecule has 0 amide bonds. The minimum absolute atomic E-state index is 0.00907. The van der Waals surface area contributed by atoms with Gasteiger partial charge in [0, 0.05) is 40.6 Å². The van der Waals surface area contributed by atoms with Crippen LogP contribution in [-0.2, 0) is 14.4 Å². The Balaban J connectivity index is 1.47. The van der Waals surface area contributed by atoms with E-state index in [2.05, 4.69) is 13.0 Å². The second kappa shape index (κ2) is 11.8. The lowest BCUT2D eigenvalue weighted by Gasteiger charge is -2.69. The van der Waals surface area contributed by atoms with Gasteiger partial charge in [0.1, 0.15) is 23.2 Å². The summed E-state index contributed by atoms with van der Waals surface area (Å²) in [5.74, 6) is -3.29. The van der Waals surface area contributed by atoms with Crippen molar-refractivity contribution < 1.29 is 39.9 Å². The van der Waals surface area contributed by atoms with Gasteiger partial charge in [-0.3, -0.25) is 9.59 Å². The summed E-state index contributed by atoms with van der Waals surface area (Å²) in [6.45, 7) is 9.26. The van der Waals surface area contributed by atoms with E-state index >= 15 is 4.79 Å². The Morgan fingerprint density at radius 2 is 1.67 bits per heavy atom. The zero-order valence-corrected chi connectivity index (χ0v) is 30.6. The Morgan fingerprint density at radius 1 is 0.980 bits per heavy atom. The van der Waals surface area contributed by atoms with Gasteiger partial charge < -0.3 is 25.5 Å². The Bertz CT molecular complexity index is 1780. The molecule has 5 N–H and O–H groups in total. The van der Waals surface area contributed by atoms with Crippen LogP contribution in [0, 0.1) is 45.3 Å². The molecule has 0 saturated heterocycles. The number of hydrogen-bond donors (Lipinski definition) is 5. The number of carboxylic acids is 1. The van der Waals surface area contributed by atoms with Gasteiger partial charge in [-0.05, 0) is 79.4 Å². The van der Waals surface area contributed by atoms with E-state index in [0.29, 0.717) is 36.8 Å². The van der Waals surface area contributed by atoms with Gasteiger partial charge in [-0.1, -0.05) is 95.5 Å². The topological polar surface area (TPSA) is 152 Å². The maximum atomic E-state index is 15.3. The normalized spacial score (nSPS) is 41.3. The van der Waals surface area contributed by atoms with Crippen molar-refractivity contribution in [1.82, 2.24) is 0 Å². The van der Waals surface area contributed by atoms with E-state index in [1.54, 1.807) is 12.2 Å². The van der Waals surface area contributed by atoms with Crippen LogP contribution in [0.5, 0.6) is 0 Å². The van der Waals surface area contributed by atoms with Crippen molar-refractivity contribution in [3.05, 3.63) is 76.6 Å². The van der Waals surface area contributed by atoms with Gasteiger partial charge in [-0.25, -0.2) is 4.79 Å². The monoisotopic (exact) mass is 698 g/mol. The molecule has 0 aromatic heterocycles. The average Bonchev–Trinajstić information content (AvgIpc) is 3.28. The molecule has 6 aliphatic carbocycles. The maximum Gasteiger partial charge on any atom is 0.334 e. The summed E-state index contributed by atoms with van der Waals surface area (Å²) in [5.41, 5.74) is -4.47. The second-order valence-electron chi connectivity index (χ2n) is 17.7. The molecule has 2 spiro atoms. The molecular formula is C43H54O8. The number of fused-ring (bicyclic) bond motifs is 1. The van der Waals surface area contributed by atoms with E-state index in [4.69, 9.17) is 0 Å². The first-order valence-electron chi connectivity index (χ1n) is 18.9. The van der Waals surface area contributed by atoms with Crippen LogP contribution >= 0.6 is 0 Å². The summed E-state index contributed by atoms with van der Waals surface area (Å²) in [6, 6.07) is 9.89. The number of allylic oxidation sites excluding steroid dienone is 1. The molecule has 2 bridgehead atoms. The number of carboxylic acid groups (broad SMARTS) is 1. The van der Waals surface area contributed by atoms with Gasteiger partial charge in [0.05, 0.1) is 11.2 Å². The molecule has 0 unspecified atom stereocenters. The largest absolute Gasteiger partial charge is 0.509 e. The van der Waals surface area contributed by atoms with E-state index in [1.807, 2.05) is 57.2 Å². The highest BCUT2D eigenvalue weighted by atomic mass is 16.4. The molecule has 0 heterocycles. The lowest BCUT2D eigenvalue weighted by molar-refractivity contribution is -0.168. The van der Waals surface area contributed by atoms with Gasteiger partial charge in [0.25, 0.3) is 0 Å². The summed E-state index contributed by atoms with van der Waals surface area (Å²) in [5, 5.41) is 57.8. The van der Waals surface area contributed by atoms with Crippen LogP contribution in [0.2, 0.25) is 0 Å². The minimum Gasteiger partial charge on any atom is -0.509 e. The Morgan fingerprint density at radius 3 is 2.35 bits per heavy atom. The number of Topliss-reactive ketones (excluding diaryl/α,β-unsaturated/α-hetero) is 2. The highest BCUT2D eigenvalue weighted by Gasteiger charge is 2.79. The molecule has 0 radical (unpaired) electrons. The van der Waals surface area contributed by atoms with Gasteiger partial charge >= 0.3 is 5.97 Å². The van der Waals surface area contributed by atoms with Crippen molar-refractivity contribution in [2.45, 2.75) is 116 Å². The van der Waals surface area contributed by atoms with Crippen LogP contribution in [-0.4, -0.2) is 60.4 Å². The first-order chi connectivity index (χ1) is 23.9. The summed E-state index contributed by atoms with van der Waals surface area (Å²) < 4.78 is 0. The number of hydrogen-bond acceptors (Lipinski definition) is 7. The molecule has 3 fully saturated rings. The number of carbonyl (C=O) groups excluding carboxylic acids is 2. The standard InChI is InChI=1S/C43H54O8/c1-25(22-30(44)34(47)26(2)37(48)49)29-23-42(50)20-21-43(51)28(15-14-27-12-8-6-9-13-27)35-38(3,4)32(46)16-19-40(35)17-10-7-11-18-41(29)24-31(45)33(40)36(43)39(41,42)5/h6,8-9,12-15,20-21,25,28-30,35,44,47,50-51H,7,10-11,16-19,22-24H2,1-5H3,(H,48,49)/b15-14+,34-26-/t25-,28+,29-,30+,35-,39-,40-,41-,42-,43-/m1/s1. The van der Waals surface area contributed by atoms with E-state index < -0.39 is 56.6 Å². The minimum atomic E-state index is -1.65. The van der Waals surface area contributed by atoms with Crippen molar-refractivity contribution in [2.75, 3.05) is 0 Å². The highest BCUT2D eigenvalue weighted by Crippen LogP contribution is 2.80. The fourth-order valence-corrected chi connectivity index (χ4v) is 12.8. The van der Waals surface area contributed by atoms with E-state index in [1.165, 1.54) is 6.92 Å². The number of ketones is 2. The van der Waals surface area contributed by atoms with Crippen LogP contribution in [0.25, 0.3) is 6.08 Å². The van der Waals surface area contributed by atoms with Crippen molar-refractivity contribution in [3.63, 3.8) is 0 Å². The first kappa shape index (κ1) is 36.0. The predicted octanol–water partition coefficient (Wildman–Crippen LogP) is 6.90. The van der Waals surface area contributed by atoms with E-state index in [9.17, 15) is 35.1 Å². The molecule has 51 heavy (non-hydrogen) atoms. The number of aliphatic carboxylic acids is 1. The summed E-state index contributed by atoms with van der Waals surface area (Å²) >= 11 is 0. The summed E-state index contributed by atoms with van der Waals surface area (Å²) in [4.78, 5) is 40.8. The smallest absolute Gasteiger partial charge is 0.334 e. The second-order valence-corrected chi connectivity index (χ2v) is 17.7. The van der Waals surface area contributed by atoms with Crippen molar-refractivity contribution in [2.24, 2.45) is 45.3 Å². The van der Waals surface area contributed by atoms with Gasteiger partial charge in [0.2, 0.25) is 0 Å². The number of rotatable bonds is 7. The van der Waals surface area contributed by atoms with Gasteiger partial charge in [-0.2, -0.15) is 0 Å². The highest BCUT2D eigenvalue weighted by molar-refractivity contribution is 6.02. The molecule has 6 aliphatic rings. The Kier molecular flexibility index (Phi) is 8.37. The summed E-state index contributed by atoms with van der Waals surface area (Å²) in [6.07, 6.45) is 11.6. The molecule has 274 valence electrons. The van der Waals surface area contributed by atoms with Crippen LogP contribution in [0.3, 0.4) is 0 Å². The first-order valence-corrected chi connectivity index (χ1v) is 18.9. The maximum absolute atomic E-state index is 15.3. The molecule has 1 aromatic rings. The molecular weight excluding hydrogens is 644 g/mol. The molecule has 7 rings (SSSR count). The quantitative estimate of drug-likeness (QED) is 0.117. The van der Waals surface area contributed by atoms with Gasteiger partial charge in [0.15, 0.2) is 5.78 Å². The van der Waals surface area contributed by atoms with Crippen LogP contribution in [0.4, 0.5) is 0 Å². The molecule has 3 saturated carbocycles. The number of aliphatic hydroxyl groups excluding tert-OH is 2. The van der Waals surface area contributed by atoms with Crippen LogP contribution in [0.1, 0.15) is 104 Å². The van der Waals surface area contributed by atoms with Crippen LogP contribution < -0.4 is 0 Å². The SMILES string of the molecule is C/C(C(=O)O)=C(/O)[C@@H](O)C[C@@H](C)[C@H]1C[C@]2(O)C=C[C@]3(O)C4=C5C(=O)C[C@@]1(CCCCC[C@@]51CCC(=O)C(C)(C)[C@H]1[C@@H]3/C=C/c1ccccc1)[C@@]42C. The zero-order chi connectivity index (χ0) is 36.9. The number of carbonyl (C=O) groups is 3. The third-order valence-electron chi connectivity index (χ3n) is 15.2. The Labute approximate surface area is 301 Å². The lowest BCUT2D eigenvalue weighted by Crippen LogP contribution is -2.70. The third-order valence-corrected chi connectivity index (χ3v) is 15.2. The van der Waals surface area contributed by atoms with Crippen LogP contribution in [0.15, 0.2) is 71.0 Å². The van der Waals surface area contributed by atoms with E-state index in [0.717, 1.165) is 31.2 Å².